The molecule has 0 bridgehead atoms. The normalized spacial score (nSPS) is 12.2. The van der Waals surface area contributed by atoms with Crippen LogP contribution in [0.1, 0.15) is 0 Å². The van der Waals surface area contributed by atoms with Gasteiger partial charge in [0.05, 0.1) is 0 Å². The summed E-state index contributed by atoms with van der Waals surface area (Å²) in [5.41, 5.74) is 7.01. The zero-order valence-electron chi connectivity index (χ0n) is 11.5. The summed E-state index contributed by atoms with van der Waals surface area (Å²) in [6.07, 6.45) is 1.93. The molecule has 21 heavy (non-hydrogen) atoms. The number of fused-ring (bicyclic) bond motifs is 1. The lowest BCUT2D eigenvalue weighted by molar-refractivity contribution is -0.136. The van der Waals surface area contributed by atoms with Crippen LogP contribution < -0.4 is 10.5 Å². The van der Waals surface area contributed by atoms with Gasteiger partial charge in [-0.05, 0) is 29.7 Å². The van der Waals surface area contributed by atoms with Crippen molar-refractivity contribution in [2.45, 2.75) is 12.6 Å². The smallest absolute Gasteiger partial charge is 0.330 e. The van der Waals surface area contributed by atoms with Crippen LogP contribution in [0.3, 0.4) is 0 Å². The molecule has 0 saturated carbocycles. The molecule has 106 valence electrons. The Morgan fingerprint density at radius 3 is 2.57 bits per heavy atom. The summed E-state index contributed by atoms with van der Waals surface area (Å²) in [5, 5.41) is 1.13. The Morgan fingerprint density at radius 1 is 1.05 bits per heavy atom. The van der Waals surface area contributed by atoms with Gasteiger partial charge in [-0.1, -0.05) is 36.4 Å². The molecule has 3 aromatic rings. The highest BCUT2D eigenvalue weighted by atomic mass is 16.5. The summed E-state index contributed by atoms with van der Waals surface area (Å²) in [6, 6.07) is 18.2. The summed E-state index contributed by atoms with van der Waals surface area (Å²) < 4.78 is 7.22. The first-order valence-electron chi connectivity index (χ1n) is 6.80. The van der Waals surface area contributed by atoms with Gasteiger partial charge in [0.1, 0.15) is 11.8 Å². The molecule has 0 aliphatic rings. The van der Waals surface area contributed by atoms with Crippen LogP contribution in [0.2, 0.25) is 0 Å². The average molecular weight is 280 g/mol. The van der Waals surface area contributed by atoms with Crippen molar-refractivity contribution in [1.82, 2.24) is 4.57 Å². The van der Waals surface area contributed by atoms with Gasteiger partial charge in [0.25, 0.3) is 0 Å². The van der Waals surface area contributed by atoms with E-state index in [1.807, 2.05) is 59.3 Å². The highest BCUT2D eigenvalue weighted by molar-refractivity contribution is 5.81. The van der Waals surface area contributed by atoms with Crippen molar-refractivity contribution in [2.75, 3.05) is 0 Å². The number of rotatable bonds is 4. The van der Waals surface area contributed by atoms with Gasteiger partial charge in [0.15, 0.2) is 0 Å². The number of para-hydroxylation sites is 2. The van der Waals surface area contributed by atoms with E-state index >= 15 is 0 Å². The highest BCUT2D eigenvalue weighted by Crippen LogP contribution is 2.16. The van der Waals surface area contributed by atoms with E-state index in [0.29, 0.717) is 12.3 Å². The van der Waals surface area contributed by atoms with E-state index in [-0.39, 0.29) is 0 Å². The minimum absolute atomic E-state index is 0.388. The van der Waals surface area contributed by atoms with Gasteiger partial charge in [0.2, 0.25) is 0 Å². The number of ether oxygens (including phenoxy) is 1. The largest absolute Gasteiger partial charge is 0.425 e. The minimum atomic E-state index is -0.707. The topological polar surface area (TPSA) is 57.2 Å². The predicted octanol–water partition coefficient (Wildman–Crippen LogP) is 2.57. The maximum absolute atomic E-state index is 12.0. The maximum Gasteiger partial charge on any atom is 0.330 e. The molecule has 4 heteroatoms. The Hall–Kier alpha value is -2.59. The average Bonchev–Trinajstić information content (AvgIpc) is 2.91. The van der Waals surface area contributed by atoms with Crippen molar-refractivity contribution < 1.29 is 9.53 Å². The maximum atomic E-state index is 12.0. The van der Waals surface area contributed by atoms with Crippen LogP contribution in [0, 0.1) is 0 Å². The van der Waals surface area contributed by atoms with Crippen LogP contribution in [0.4, 0.5) is 0 Å². The van der Waals surface area contributed by atoms with Gasteiger partial charge in [0, 0.05) is 18.3 Å². The number of carbonyl (C=O) groups excluding carboxylic acids is 1. The predicted molar refractivity (Wildman–Crippen MR) is 82.0 cm³/mol. The lowest BCUT2D eigenvalue weighted by atomic mass is 10.2. The van der Waals surface area contributed by atoms with Crippen molar-refractivity contribution in [1.29, 1.82) is 0 Å². The number of carbonyl (C=O) groups is 1. The molecular weight excluding hydrogens is 264 g/mol. The van der Waals surface area contributed by atoms with Crippen molar-refractivity contribution in [3.63, 3.8) is 0 Å². The minimum Gasteiger partial charge on any atom is -0.425 e. The Bertz CT molecular complexity index is 750. The Kier molecular flexibility index (Phi) is 3.71. The fourth-order valence-electron chi connectivity index (χ4n) is 2.27. The Labute approximate surface area is 122 Å². The molecular formula is C17H16N2O2. The molecule has 0 unspecified atom stereocenters. The molecule has 0 radical (unpaired) electrons. The van der Waals surface area contributed by atoms with E-state index < -0.39 is 12.0 Å². The Balaban J connectivity index is 1.71. The number of nitrogens with two attached hydrogens (primary N) is 1. The summed E-state index contributed by atoms with van der Waals surface area (Å²) in [6.45, 7) is 0.388. The quantitative estimate of drug-likeness (QED) is 0.590. The molecule has 0 fully saturated rings. The zero-order valence-corrected chi connectivity index (χ0v) is 11.5. The van der Waals surface area contributed by atoms with Crippen molar-refractivity contribution in [3.05, 3.63) is 66.9 Å². The van der Waals surface area contributed by atoms with E-state index in [2.05, 4.69) is 0 Å². The summed E-state index contributed by atoms with van der Waals surface area (Å²) in [4.78, 5) is 12.0. The first-order chi connectivity index (χ1) is 10.2. The second kappa shape index (κ2) is 5.81. The molecule has 1 aromatic heterocycles. The monoisotopic (exact) mass is 280 g/mol. The van der Waals surface area contributed by atoms with Crippen molar-refractivity contribution in [3.8, 4) is 5.75 Å². The van der Waals surface area contributed by atoms with Crippen LogP contribution in [-0.4, -0.2) is 16.6 Å². The van der Waals surface area contributed by atoms with Gasteiger partial charge >= 0.3 is 5.97 Å². The van der Waals surface area contributed by atoms with E-state index in [4.69, 9.17) is 10.5 Å². The second-order valence-electron chi connectivity index (χ2n) is 4.87. The Morgan fingerprint density at radius 2 is 1.76 bits per heavy atom. The van der Waals surface area contributed by atoms with Gasteiger partial charge in [-0.15, -0.1) is 0 Å². The molecule has 3 rings (SSSR count). The van der Waals surface area contributed by atoms with Crippen LogP contribution in [-0.2, 0) is 11.3 Å². The van der Waals surface area contributed by atoms with Crippen LogP contribution in [0.25, 0.3) is 10.9 Å². The summed E-state index contributed by atoms with van der Waals surface area (Å²) in [5.74, 6) is 0.0781. The number of nitrogens with zero attached hydrogens (tertiary/aromatic N) is 1. The third-order valence-electron chi connectivity index (χ3n) is 3.34. The highest BCUT2D eigenvalue weighted by Gasteiger charge is 2.17. The van der Waals surface area contributed by atoms with E-state index in [1.54, 1.807) is 12.1 Å². The van der Waals surface area contributed by atoms with E-state index in [0.717, 1.165) is 10.9 Å². The third-order valence-corrected chi connectivity index (χ3v) is 3.34. The lowest BCUT2D eigenvalue weighted by Gasteiger charge is -2.13. The van der Waals surface area contributed by atoms with Crippen molar-refractivity contribution >= 4 is 16.9 Å². The fraction of sp³-hybridized carbons (Fsp3) is 0.118. The molecule has 4 nitrogen and oxygen atoms in total. The number of aromatic nitrogens is 1. The number of hydrogen-bond donors (Lipinski definition) is 1. The number of benzene rings is 2. The number of esters is 1. The third kappa shape index (κ3) is 2.95. The molecule has 1 atom stereocenters. The summed E-state index contributed by atoms with van der Waals surface area (Å²) >= 11 is 0. The van der Waals surface area contributed by atoms with Gasteiger partial charge in [-0.3, -0.25) is 0 Å². The molecule has 2 N–H and O–H groups in total. The molecule has 0 aliphatic carbocycles. The van der Waals surface area contributed by atoms with Crippen LogP contribution in [0.5, 0.6) is 5.75 Å². The fourth-order valence-corrected chi connectivity index (χ4v) is 2.27. The SMILES string of the molecule is N[C@@H](Cn1ccc2ccccc21)C(=O)Oc1ccccc1. The lowest BCUT2D eigenvalue weighted by Crippen LogP contribution is -2.37. The zero-order chi connectivity index (χ0) is 14.7. The van der Waals surface area contributed by atoms with Gasteiger partial charge in [-0.2, -0.15) is 0 Å². The van der Waals surface area contributed by atoms with Crippen LogP contribution in [0.15, 0.2) is 66.9 Å². The molecule has 1 heterocycles. The molecule has 0 saturated heterocycles. The van der Waals surface area contributed by atoms with Gasteiger partial charge in [-0.25, -0.2) is 4.79 Å². The molecule has 2 aromatic carbocycles. The second-order valence-corrected chi connectivity index (χ2v) is 4.87. The summed E-state index contributed by atoms with van der Waals surface area (Å²) in [7, 11) is 0. The van der Waals surface area contributed by atoms with Crippen molar-refractivity contribution in [2.24, 2.45) is 5.73 Å². The molecule has 0 aliphatic heterocycles. The molecule has 0 amide bonds. The van der Waals surface area contributed by atoms with Gasteiger partial charge < -0.3 is 15.0 Å². The standard InChI is InChI=1S/C17H16N2O2/c18-15(17(20)21-14-7-2-1-3-8-14)12-19-11-10-13-6-4-5-9-16(13)19/h1-11,15H,12,18H2/t15-/m0/s1. The number of hydrogen-bond acceptors (Lipinski definition) is 3. The first kappa shape index (κ1) is 13.4. The molecule has 0 spiro atoms. The van der Waals surface area contributed by atoms with E-state index in [1.165, 1.54) is 0 Å². The first-order valence-corrected chi connectivity index (χ1v) is 6.80. The van der Waals surface area contributed by atoms with Crippen LogP contribution >= 0.6 is 0 Å². The van der Waals surface area contributed by atoms with E-state index in [9.17, 15) is 4.79 Å².